The molecule has 0 amide bonds. The lowest BCUT2D eigenvalue weighted by molar-refractivity contribution is 0.208. The van der Waals surface area contributed by atoms with Gasteiger partial charge in [0.2, 0.25) is 5.96 Å². The van der Waals surface area contributed by atoms with Gasteiger partial charge in [0.15, 0.2) is 0 Å². The van der Waals surface area contributed by atoms with Gasteiger partial charge in [-0.3, -0.25) is 5.43 Å². The van der Waals surface area contributed by atoms with Crippen molar-refractivity contribution in [3.05, 3.63) is 29.8 Å². The first-order valence-corrected chi connectivity index (χ1v) is 5.72. The molecule has 2 rings (SSSR count). The fourth-order valence-corrected chi connectivity index (χ4v) is 2.01. The molecule has 0 fully saturated rings. The quantitative estimate of drug-likeness (QED) is 0.263. The molecule has 0 atom stereocenters. The fourth-order valence-electron chi connectivity index (χ4n) is 2.01. The zero-order valence-electron chi connectivity index (χ0n) is 10.0. The van der Waals surface area contributed by atoms with E-state index < -0.39 is 0 Å². The first-order chi connectivity index (χ1) is 8.36. The lowest BCUT2D eigenvalue weighted by atomic mass is 10.2. The van der Waals surface area contributed by atoms with E-state index in [2.05, 4.69) is 33.5 Å². The average Bonchev–Trinajstić information content (AvgIpc) is 2.79. The minimum atomic E-state index is 0.598. The molecule has 0 saturated heterocycles. The van der Waals surface area contributed by atoms with Gasteiger partial charge in [0.05, 0.1) is 13.2 Å². The maximum absolute atomic E-state index is 5.53. The van der Waals surface area contributed by atoms with Gasteiger partial charge in [0.1, 0.15) is 0 Å². The molecule has 5 nitrogen and oxygen atoms in total. The Labute approximate surface area is 101 Å². The van der Waals surface area contributed by atoms with Crippen LogP contribution in [0.2, 0.25) is 0 Å². The van der Waals surface area contributed by atoms with E-state index in [-0.39, 0.29) is 0 Å². The van der Waals surface area contributed by atoms with Crippen LogP contribution in [0.1, 0.15) is 5.56 Å². The van der Waals surface area contributed by atoms with Crippen LogP contribution in [0.15, 0.2) is 29.3 Å². The molecule has 1 aliphatic heterocycles. The third-order valence-electron chi connectivity index (χ3n) is 2.83. The van der Waals surface area contributed by atoms with Crippen molar-refractivity contribution in [2.45, 2.75) is 6.42 Å². The van der Waals surface area contributed by atoms with E-state index in [1.54, 1.807) is 7.11 Å². The summed E-state index contributed by atoms with van der Waals surface area (Å²) in [5, 5.41) is 0. The van der Waals surface area contributed by atoms with Crippen LogP contribution in [0, 0.1) is 0 Å². The van der Waals surface area contributed by atoms with Crippen LogP contribution in [0.25, 0.3) is 0 Å². The molecule has 92 valence electrons. The normalized spacial score (nSPS) is 14.9. The number of hydrogen-bond acceptors (Lipinski definition) is 3. The minimum absolute atomic E-state index is 0.598. The summed E-state index contributed by atoms with van der Waals surface area (Å²) in [6.07, 6.45) is 1.03. The highest BCUT2D eigenvalue weighted by Gasteiger charge is 2.21. The molecule has 0 unspecified atom stereocenters. The molecule has 1 heterocycles. The molecule has 0 spiro atoms. The third-order valence-corrected chi connectivity index (χ3v) is 2.83. The topological polar surface area (TPSA) is 62.9 Å². The van der Waals surface area contributed by atoms with E-state index in [9.17, 15) is 0 Å². The monoisotopic (exact) mass is 234 g/mol. The Hall–Kier alpha value is -1.59. The van der Waals surface area contributed by atoms with Crippen LogP contribution in [0.3, 0.4) is 0 Å². The molecule has 5 heteroatoms. The van der Waals surface area contributed by atoms with Gasteiger partial charge < -0.3 is 9.64 Å². The highest BCUT2D eigenvalue weighted by Crippen LogP contribution is 2.27. The van der Waals surface area contributed by atoms with Crippen LogP contribution in [0.5, 0.6) is 0 Å². The Bertz CT molecular complexity index is 405. The predicted molar refractivity (Wildman–Crippen MR) is 69.0 cm³/mol. The summed E-state index contributed by atoms with van der Waals surface area (Å²) in [7, 11) is 1.66. The van der Waals surface area contributed by atoms with E-state index >= 15 is 0 Å². The Morgan fingerprint density at radius 2 is 2.35 bits per heavy atom. The summed E-state index contributed by atoms with van der Waals surface area (Å²) in [5.41, 5.74) is 5.18. The van der Waals surface area contributed by atoms with Crippen molar-refractivity contribution in [3.63, 3.8) is 0 Å². The summed E-state index contributed by atoms with van der Waals surface area (Å²) in [6, 6.07) is 8.31. The number of fused-ring (bicyclic) bond motifs is 1. The number of nitrogens with zero attached hydrogens (tertiary/aromatic N) is 2. The highest BCUT2D eigenvalue weighted by molar-refractivity contribution is 5.97. The fraction of sp³-hybridized carbons (Fsp3) is 0.417. The summed E-state index contributed by atoms with van der Waals surface area (Å²) in [5.74, 6) is 6.23. The highest BCUT2D eigenvalue weighted by atomic mass is 16.5. The number of methoxy groups -OCH3 is 1. The van der Waals surface area contributed by atoms with Crippen LogP contribution in [-0.2, 0) is 11.2 Å². The van der Waals surface area contributed by atoms with Gasteiger partial charge in [-0.15, -0.1) is 0 Å². The number of benzene rings is 1. The molecule has 1 aliphatic rings. The number of ether oxygens (including phenoxy) is 1. The zero-order chi connectivity index (χ0) is 12.1. The zero-order valence-corrected chi connectivity index (χ0v) is 10.0. The van der Waals surface area contributed by atoms with E-state index in [0.717, 1.165) is 13.0 Å². The van der Waals surface area contributed by atoms with Crippen molar-refractivity contribution < 1.29 is 4.74 Å². The maximum Gasteiger partial charge on any atom is 0.213 e. The first-order valence-electron chi connectivity index (χ1n) is 5.72. The Balaban J connectivity index is 2.14. The smallest absolute Gasteiger partial charge is 0.213 e. The third kappa shape index (κ3) is 2.57. The van der Waals surface area contributed by atoms with Gasteiger partial charge in [-0.1, -0.05) is 18.2 Å². The average molecular weight is 234 g/mol. The molecule has 3 N–H and O–H groups in total. The lowest BCUT2D eigenvalue weighted by Crippen LogP contribution is -2.44. The number of nitrogens with two attached hydrogens (primary N) is 1. The summed E-state index contributed by atoms with van der Waals surface area (Å²) >= 11 is 0. The van der Waals surface area contributed by atoms with Gasteiger partial charge in [0.25, 0.3) is 0 Å². The van der Waals surface area contributed by atoms with Crippen molar-refractivity contribution in [3.8, 4) is 0 Å². The molecular formula is C12H18N4O. The van der Waals surface area contributed by atoms with E-state index in [1.165, 1.54) is 11.3 Å². The number of guanidine groups is 1. The second-order valence-corrected chi connectivity index (χ2v) is 3.87. The number of nitrogens with one attached hydrogen (secondary N) is 1. The standard InChI is InChI=1S/C12H18N4O/c1-17-9-7-14-12(15-13)16-8-6-10-4-2-3-5-11(10)16/h2-5H,6-9,13H2,1H3,(H,14,15). The molecule has 0 aromatic heterocycles. The van der Waals surface area contributed by atoms with Crippen molar-refractivity contribution in [1.82, 2.24) is 5.43 Å². The van der Waals surface area contributed by atoms with E-state index in [4.69, 9.17) is 10.6 Å². The second kappa shape index (κ2) is 5.65. The van der Waals surface area contributed by atoms with Crippen LogP contribution >= 0.6 is 0 Å². The van der Waals surface area contributed by atoms with Crippen molar-refractivity contribution in [1.29, 1.82) is 0 Å². The van der Waals surface area contributed by atoms with Crippen molar-refractivity contribution >= 4 is 11.6 Å². The predicted octanol–water partition coefficient (Wildman–Crippen LogP) is 0.515. The molecule has 0 saturated carbocycles. The summed E-state index contributed by atoms with van der Waals surface area (Å²) < 4.78 is 4.97. The van der Waals surface area contributed by atoms with Crippen LogP contribution in [0.4, 0.5) is 5.69 Å². The molecule has 1 aromatic carbocycles. The Kier molecular flexibility index (Phi) is 3.95. The van der Waals surface area contributed by atoms with Gasteiger partial charge in [-0.2, -0.15) is 0 Å². The second-order valence-electron chi connectivity index (χ2n) is 3.87. The SMILES string of the molecule is COCCN=C(NN)N1CCc2ccccc21. The maximum atomic E-state index is 5.53. The lowest BCUT2D eigenvalue weighted by Gasteiger charge is -2.20. The number of anilines is 1. The van der Waals surface area contributed by atoms with Crippen molar-refractivity contribution in [2.24, 2.45) is 10.8 Å². The van der Waals surface area contributed by atoms with Crippen LogP contribution < -0.4 is 16.2 Å². The van der Waals surface area contributed by atoms with Crippen molar-refractivity contribution in [2.75, 3.05) is 31.7 Å². The molecule has 0 aliphatic carbocycles. The minimum Gasteiger partial charge on any atom is -0.383 e. The molecular weight excluding hydrogens is 216 g/mol. The van der Waals surface area contributed by atoms with E-state index in [1.807, 2.05) is 6.07 Å². The Morgan fingerprint density at radius 3 is 3.12 bits per heavy atom. The van der Waals surface area contributed by atoms with Gasteiger partial charge >= 0.3 is 0 Å². The number of para-hydroxylation sites is 1. The largest absolute Gasteiger partial charge is 0.383 e. The number of hydrazine groups is 1. The Morgan fingerprint density at radius 1 is 1.53 bits per heavy atom. The molecule has 1 aromatic rings. The van der Waals surface area contributed by atoms with Gasteiger partial charge in [-0.05, 0) is 18.1 Å². The summed E-state index contributed by atoms with van der Waals surface area (Å²) in [4.78, 5) is 6.50. The van der Waals surface area contributed by atoms with E-state index in [0.29, 0.717) is 19.1 Å². The summed E-state index contributed by atoms with van der Waals surface area (Å²) in [6.45, 7) is 2.12. The first kappa shape index (κ1) is 11.9. The molecule has 17 heavy (non-hydrogen) atoms. The number of hydrogen-bond donors (Lipinski definition) is 2. The molecule has 0 bridgehead atoms. The van der Waals surface area contributed by atoms with Crippen LogP contribution in [-0.4, -0.2) is 32.8 Å². The van der Waals surface area contributed by atoms with Gasteiger partial charge in [0, 0.05) is 19.3 Å². The number of rotatable bonds is 3. The molecule has 0 radical (unpaired) electrons. The number of aliphatic imine (C=N–C) groups is 1. The van der Waals surface area contributed by atoms with Gasteiger partial charge in [-0.25, -0.2) is 10.8 Å².